The van der Waals surface area contributed by atoms with Crippen LogP contribution in [0.1, 0.15) is 38.9 Å². The van der Waals surface area contributed by atoms with E-state index in [-0.39, 0.29) is 6.42 Å². The highest BCUT2D eigenvalue weighted by Crippen LogP contribution is 2.24. The first-order valence-corrected chi connectivity index (χ1v) is 6.28. The lowest BCUT2D eigenvalue weighted by Gasteiger charge is -2.22. The van der Waals surface area contributed by atoms with Gasteiger partial charge in [0.2, 0.25) is 0 Å². The summed E-state index contributed by atoms with van der Waals surface area (Å²) in [4.78, 5) is 11.6. The Morgan fingerprint density at radius 1 is 1.37 bits per heavy atom. The van der Waals surface area contributed by atoms with Gasteiger partial charge >= 0.3 is 6.16 Å². The Hall–Kier alpha value is -1.66. The van der Waals surface area contributed by atoms with E-state index in [0.29, 0.717) is 5.02 Å². The minimum absolute atomic E-state index is 0.279. The molecule has 0 aliphatic carbocycles. The van der Waals surface area contributed by atoms with Gasteiger partial charge in [-0.05, 0) is 38.5 Å². The van der Waals surface area contributed by atoms with E-state index in [1.54, 1.807) is 45.0 Å². The molecular weight excluding hydrogens is 264 g/mol. The summed E-state index contributed by atoms with van der Waals surface area (Å²) < 4.78 is 10.4. The van der Waals surface area contributed by atoms with Crippen LogP contribution in [0, 0.1) is 12.3 Å². The number of benzene rings is 1. The van der Waals surface area contributed by atoms with Crippen LogP contribution in [-0.2, 0) is 9.47 Å². The van der Waals surface area contributed by atoms with Crippen molar-refractivity contribution in [1.29, 1.82) is 0 Å². The van der Waals surface area contributed by atoms with Crippen LogP contribution in [0.15, 0.2) is 24.3 Å². The first-order chi connectivity index (χ1) is 8.81. The molecule has 0 aliphatic rings. The number of terminal acetylenes is 1. The van der Waals surface area contributed by atoms with Gasteiger partial charge in [-0.15, -0.1) is 12.3 Å². The molecule has 4 heteroatoms. The van der Waals surface area contributed by atoms with Gasteiger partial charge in [-0.3, -0.25) is 0 Å². The molecule has 0 radical (unpaired) electrons. The third-order valence-corrected chi connectivity index (χ3v) is 2.43. The third kappa shape index (κ3) is 5.67. The second-order valence-corrected chi connectivity index (χ2v) is 5.47. The van der Waals surface area contributed by atoms with Gasteiger partial charge in [-0.1, -0.05) is 23.7 Å². The molecule has 19 heavy (non-hydrogen) atoms. The lowest BCUT2D eigenvalue weighted by atomic mass is 10.1. The Morgan fingerprint density at radius 2 is 1.95 bits per heavy atom. The number of carbonyl (C=O) groups is 1. The van der Waals surface area contributed by atoms with E-state index < -0.39 is 17.9 Å². The zero-order chi connectivity index (χ0) is 14.5. The smallest absolute Gasteiger partial charge is 0.429 e. The number of rotatable bonds is 3. The van der Waals surface area contributed by atoms with Crippen LogP contribution < -0.4 is 0 Å². The van der Waals surface area contributed by atoms with Gasteiger partial charge in [0, 0.05) is 5.02 Å². The lowest BCUT2D eigenvalue weighted by molar-refractivity contribution is -0.0265. The highest BCUT2D eigenvalue weighted by atomic mass is 35.5. The summed E-state index contributed by atoms with van der Waals surface area (Å²) in [7, 11) is 0. The predicted molar refractivity (Wildman–Crippen MR) is 75.0 cm³/mol. The summed E-state index contributed by atoms with van der Waals surface area (Å²) in [6.45, 7) is 5.31. The first kappa shape index (κ1) is 15.4. The number of hydrogen-bond acceptors (Lipinski definition) is 3. The van der Waals surface area contributed by atoms with Crippen molar-refractivity contribution in [2.24, 2.45) is 0 Å². The zero-order valence-corrected chi connectivity index (χ0v) is 12.0. The molecule has 0 saturated carbocycles. The largest absolute Gasteiger partial charge is 0.509 e. The fourth-order valence-electron chi connectivity index (χ4n) is 1.40. The molecule has 0 aromatic heterocycles. The minimum atomic E-state index is -0.734. The Morgan fingerprint density at radius 3 is 2.42 bits per heavy atom. The molecule has 1 unspecified atom stereocenters. The normalized spacial score (nSPS) is 12.4. The van der Waals surface area contributed by atoms with E-state index in [1.165, 1.54) is 0 Å². The molecule has 0 spiro atoms. The van der Waals surface area contributed by atoms with E-state index >= 15 is 0 Å². The summed E-state index contributed by atoms with van der Waals surface area (Å²) in [5.74, 6) is 2.48. The summed E-state index contributed by atoms with van der Waals surface area (Å²) in [5, 5.41) is 0.612. The molecule has 1 aromatic carbocycles. The summed E-state index contributed by atoms with van der Waals surface area (Å²) in [5.41, 5.74) is 0.186. The maximum absolute atomic E-state index is 11.6. The monoisotopic (exact) mass is 280 g/mol. The van der Waals surface area contributed by atoms with Gasteiger partial charge in [0.1, 0.15) is 11.7 Å². The summed E-state index contributed by atoms with van der Waals surface area (Å²) in [6, 6.07) is 6.99. The van der Waals surface area contributed by atoms with Crippen LogP contribution >= 0.6 is 11.6 Å². The minimum Gasteiger partial charge on any atom is -0.429 e. The van der Waals surface area contributed by atoms with Crippen molar-refractivity contribution < 1.29 is 14.3 Å². The molecule has 1 rings (SSSR count). The maximum atomic E-state index is 11.6. The Kier molecular flexibility index (Phi) is 5.26. The fraction of sp³-hybridized carbons (Fsp3) is 0.400. The van der Waals surface area contributed by atoms with Gasteiger partial charge in [-0.2, -0.15) is 0 Å². The quantitative estimate of drug-likeness (QED) is 0.610. The number of hydrogen-bond donors (Lipinski definition) is 0. The van der Waals surface area contributed by atoms with Crippen LogP contribution in [0.2, 0.25) is 5.02 Å². The van der Waals surface area contributed by atoms with Gasteiger partial charge in [0.15, 0.2) is 0 Å². The Bertz CT molecular complexity index is 466. The highest BCUT2D eigenvalue weighted by molar-refractivity contribution is 6.30. The average molecular weight is 281 g/mol. The number of carbonyl (C=O) groups excluding carboxylic acids is 1. The zero-order valence-electron chi connectivity index (χ0n) is 11.3. The maximum Gasteiger partial charge on any atom is 0.509 e. The molecular formula is C15H17ClO3. The molecule has 0 amide bonds. The van der Waals surface area contributed by atoms with Crippen LogP contribution in [0.5, 0.6) is 0 Å². The standard InChI is InChI=1S/C15H17ClO3/c1-5-6-13(11-7-9-12(16)10-8-11)18-14(17)19-15(2,3)4/h1,7-10,13H,6H2,2-4H3. The Labute approximate surface area is 118 Å². The van der Waals surface area contributed by atoms with Crippen molar-refractivity contribution >= 4 is 17.8 Å². The summed E-state index contributed by atoms with van der Waals surface area (Å²) >= 11 is 5.81. The summed E-state index contributed by atoms with van der Waals surface area (Å²) in [6.07, 6.45) is 4.31. The molecule has 0 heterocycles. The SMILES string of the molecule is C#CCC(OC(=O)OC(C)(C)C)c1ccc(Cl)cc1. The Balaban J connectivity index is 2.76. The molecule has 1 aromatic rings. The predicted octanol–water partition coefficient (Wildman–Crippen LogP) is 4.36. The van der Waals surface area contributed by atoms with Crippen LogP contribution in [-0.4, -0.2) is 11.8 Å². The molecule has 1 atom stereocenters. The third-order valence-electron chi connectivity index (χ3n) is 2.17. The van der Waals surface area contributed by atoms with Crippen molar-refractivity contribution in [1.82, 2.24) is 0 Å². The van der Waals surface area contributed by atoms with Gasteiger partial charge in [0.05, 0.1) is 6.42 Å². The van der Waals surface area contributed by atoms with Crippen molar-refractivity contribution in [3.05, 3.63) is 34.9 Å². The van der Waals surface area contributed by atoms with E-state index in [4.69, 9.17) is 27.5 Å². The second-order valence-electron chi connectivity index (χ2n) is 5.03. The fourth-order valence-corrected chi connectivity index (χ4v) is 1.53. The van der Waals surface area contributed by atoms with Crippen molar-refractivity contribution in [3.8, 4) is 12.3 Å². The molecule has 0 aliphatic heterocycles. The topological polar surface area (TPSA) is 35.5 Å². The van der Waals surface area contributed by atoms with E-state index in [2.05, 4.69) is 5.92 Å². The van der Waals surface area contributed by atoms with Gasteiger partial charge < -0.3 is 9.47 Å². The van der Waals surface area contributed by atoms with Crippen molar-refractivity contribution in [2.75, 3.05) is 0 Å². The molecule has 0 fully saturated rings. The van der Waals surface area contributed by atoms with Crippen LogP contribution in [0.3, 0.4) is 0 Å². The molecule has 0 N–H and O–H groups in total. The second kappa shape index (κ2) is 6.49. The van der Waals surface area contributed by atoms with E-state index in [0.717, 1.165) is 5.56 Å². The number of halogens is 1. The lowest BCUT2D eigenvalue weighted by Crippen LogP contribution is -2.25. The van der Waals surface area contributed by atoms with E-state index in [1.807, 2.05) is 0 Å². The molecule has 3 nitrogen and oxygen atoms in total. The van der Waals surface area contributed by atoms with Crippen LogP contribution in [0.25, 0.3) is 0 Å². The van der Waals surface area contributed by atoms with Gasteiger partial charge in [0.25, 0.3) is 0 Å². The van der Waals surface area contributed by atoms with Crippen LogP contribution in [0.4, 0.5) is 4.79 Å². The van der Waals surface area contributed by atoms with Gasteiger partial charge in [-0.25, -0.2) is 4.79 Å². The number of ether oxygens (including phenoxy) is 2. The molecule has 102 valence electrons. The van der Waals surface area contributed by atoms with Crippen molar-refractivity contribution in [3.63, 3.8) is 0 Å². The average Bonchev–Trinajstić information content (AvgIpc) is 2.27. The molecule has 0 bridgehead atoms. The first-order valence-electron chi connectivity index (χ1n) is 5.90. The van der Waals surface area contributed by atoms with E-state index in [9.17, 15) is 4.79 Å². The highest BCUT2D eigenvalue weighted by Gasteiger charge is 2.22. The molecule has 0 saturated heterocycles. The van der Waals surface area contributed by atoms with Crippen molar-refractivity contribution in [2.45, 2.75) is 38.9 Å².